The Labute approximate surface area is 127 Å². The van der Waals surface area contributed by atoms with Gasteiger partial charge in [-0.15, -0.1) is 0 Å². The Hall–Kier alpha value is -1.40. The number of hydrogen-bond acceptors (Lipinski definition) is 6. The lowest BCUT2D eigenvalue weighted by Gasteiger charge is -2.39. The van der Waals surface area contributed by atoms with Crippen LogP contribution >= 0.6 is 0 Å². The summed E-state index contributed by atoms with van der Waals surface area (Å²) in [5.74, 6) is 1.80. The molecule has 21 heavy (non-hydrogen) atoms. The smallest absolute Gasteiger partial charge is 0.226 e. The molecule has 0 radical (unpaired) electrons. The first-order chi connectivity index (χ1) is 10.2. The van der Waals surface area contributed by atoms with E-state index in [0.717, 1.165) is 50.9 Å². The van der Waals surface area contributed by atoms with Gasteiger partial charge in [0.1, 0.15) is 5.82 Å². The fraction of sp³-hybridized carbons (Fsp3) is 0.733. The van der Waals surface area contributed by atoms with Gasteiger partial charge in [-0.2, -0.15) is 4.98 Å². The molecular weight excluding hydrogens is 264 g/mol. The second-order valence-electron chi connectivity index (χ2n) is 5.77. The van der Waals surface area contributed by atoms with Gasteiger partial charge in [-0.1, -0.05) is 6.92 Å². The summed E-state index contributed by atoms with van der Waals surface area (Å²) in [6.07, 6.45) is 4.11. The average molecular weight is 292 g/mol. The number of nitrogens with two attached hydrogens (primary N) is 1. The van der Waals surface area contributed by atoms with Gasteiger partial charge in [0.05, 0.1) is 0 Å². The molecule has 0 amide bonds. The van der Waals surface area contributed by atoms with Crippen LogP contribution in [-0.2, 0) is 0 Å². The van der Waals surface area contributed by atoms with Gasteiger partial charge in [0.2, 0.25) is 5.95 Å². The monoisotopic (exact) mass is 292 g/mol. The van der Waals surface area contributed by atoms with Crippen LogP contribution in [0.2, 0.25) is 0 Å². The Morgan fingerprint density at radius 2 is 2.00 bits per heavy atom. The Morgan fingerprint density at radius 1 is 1.29 bits per heavy atom. The van der Waals surface area contributed by atoms with Crippen molar-refractivity contribution in [3.63, 3.8) is 0 Å². The zero-order valence-corrected chi connectivity index (χ0v) is 13.5. The number of hydrogen-bond donors (Lipinski definition) is 1. The number of anilines is 2. The molecule has 2 N–H and O–H groups in total. The summed E-state index contributed by atoms with van der Waals surface area (Å²) in [6, 6.07) is 2.62. The fourth-order valence-corrected chi connectivity index (χ4v) is 2.88. The highest BCUT2D eigenvalue weighted by molar-refractivity contribution is 5.43. The van der Waals surface area contributed by atoms with Gasteiger partial charge in [0.15, 0.2) is 0 Å². The van der Waals surface area contributed by atoms with Gasteiger partial charge >= 0.3 is 0 Å². The maximum atomic E-state index is 5.72. The normalized spacial score (nSPS) is 17.8. The van der Waals surface area contributed by atoms with Crippen molar-refractivity contribution >= 4 is 11.8 Å². The van der Waals surface area contributed by atoms with E-state index in [0.29, 0.717) is 6.04 Å². The van der Waals surface area contributed by atoms with Crippen molar-refractivity contribution in [2.45, 2.75) is 25.8 Å². The number of nitrogens with zero attached hydrogens (tertiary/aromatic N) is 5. The van der Waals surface area contributed by atoms with Crippen LogP contribution in [0.25, 0.3) is 0 Å². The molecular formula is C15H28N6. The molecule has 1 aromatic rings. The van der Waals surface area contributed by atoms with Crippen LogP contribution in [0.15, 0.2) is 12.3 Å². The first-order valence-corrected chi connectivity index (χ1v) is 7.85. The molecule has 0 spiro atoms. The molecule has 1 unspecified atom stereocenters. The molecule has 1 aliphatic heterocycles. The zero-order valence-electron chi connectivity index (χ0n) is 13.5. The van der Waals surface area contributed by atoms with Gasteiger partial charge in [-0.25, -0.2) is 4.98 Å². The van der Waals surface area contributed by atoms with Crippen molar-refractivity contribution in [2.75, 3.05) is 56.6 Å². The number of rotatable bonds is 6. The van der Waals surface area contributed by atoms with Gasteiger partial charge in [-0.3, -0.25) is 4.90 Å². The van der Waals surface area contributed by atoms with Crippen LogP contribution in [-0.4, -0.2) is 67.7 Å². The van der Waals surface area contributed by atoms with Gasteiger partial charge in [0, 0.05) is 52.5 Å². The molecule has 6 nitrogen and oxygen atoms in total. The summed E-state index contributed by atoms with van der Waals surface area (Å²) >= 11 is 0. The Bertz CT molecular complexity index is 428. The molecule has 0 bridgehead atoms. The average Bonchev–Trinajstić information content (AvgIpc) is 2.53. The minimum atomic E-state index is 0.625. The summed E-state index contributed by atoms with van der Waals surface area (Å²) in [5, 5.41) is 0. The van der Waals surface area contributed by atoms with Gasteiger partial charge in [0.25, 0.3) is 0 Å². The van der Waals surface area contributed by atoms with E-state index in [1.165, 1.54) is 6.42 Å². The first-order valence-electron chi connectivity index (χ1n) is 7.85. The Kier molecular flexibility index (Phi) is 5.76. The highest BCUT2D eigenvalue weighted by atomic mass is 15.3. The summed E-state index contributed by atoms with van der Waals surface area (Å²) in [5.41, 5.74) is 5.72. The van der Waals surface area contributed by atoms with Crippen molar-refractivity contribution in [3.8, 4) is 0 Å². The number of piperazine rings is 1. The van der Waals surface area contributed by atoms with Gasteiger partial charge in [-0.05, 0) is 25.5 Å². The van der Waals surface area contributed by atoms with E-state index < -0.39 is 0 Å². The van der Waals surface area contributed by atoms with E-state index in [1.54, 1.807) is 0 Å². The summed E-state index contributed by atoms with van der Waals surface area (Å²) < 4.78 is 0. The Balaban J connectivity index is 1.96. The molecule has 6 heteroatoms. The quantitative estimate of drug-likeness (QED) is 0.836. The minimum Gasteiger partial charge on any atom is -0.354 e. The predicted molar refractivity (Wildman–Crippen MR) is 87.9 cm³/mol. The van der Waals surface area contributed by atoms with E-state index in [-0.39, 0.29) is 0 Å². The fourth-order valence-electron chi connectivity index (χ4n) is 2.88. The maximum absolute atomic E-state index is 5.72. The molecule has 1 aliphatic rings. The lowest BCUT2D eigenvalue weighted by molar-refractivity contribution is 0.173. The van der Waals surface area contributed by atoms with Crippen molar-refractivity contribution < 1.29 is 0 Å². The van der Waals surface area contributed by atoms with Crippen molar-refractivity contribution in [1.82, 2.24) is 14.9 Å². The van der Waals surface area contributed by atoms with E-state index in [1.807, 2.05) is 31.3 Å². The molecule has 0 saturated carbocycles. The van der Waals surface area contributed by atoms with Crippen LogP contribution in [0.1, 0.15) is 19.8 Å². The van der Waals surface area contributed by atoms with E-state index in [2.05, 4.69) is 26.7 Å². The van der Waals surface area contributed by atoms with Crippen LogP contribution in [0.4, 0.5) is 11.8 Å². The largest absolute Gasteiger partial charge is 0.354 e. The van der Waals surface area contributed by atoms with Crippen molar-refractivity contribution in [2.24, 2.45) is 5.73 Å². The summed E-state index contributed by atoms with van der Waals surface area (Å²) in [4.78, 5) is 15.8. The second kappa shape index (κ2) is 7.56. The van der Waals surface area contributed by atoms with Crippen LogP contribution in [0, 0.1) is 0 Å². The van der Waals surface area contributed by atoms with E-state index >= 15 is 0 Å². The molecule has 1 fully saturated rings. The highest BCUT2D eigenvalue weighted by Crippen LogP contribution is 2.18. The first kappa shape index (κ1) is 16.0. The third-order valence-electron chi connectivity index (χ3n) is 4.15. The zero-order chi connectivity index (χ0) is 15.2. The summed E-state index contributed by atoms with van der Waals surface area (Å²) in [7, 11) is 3.94. The van der Waals surface area contributed by atoms with Crippen LogP contribution < -0.4 is 15.5 Å². The van der Waals surface area contributed by atoms with Crippen molar-refractivity contribution in [3.05, 3.63) is 12.3 Å². The lowest BCUT2D eigenvalue weighted by Crippen LogP contribution is -2.51. The minimum absolute atomic E-state index is 0.625. The van der Waals surface area contributed by atoms with Crippen molar-refractivity contribution in [1.29, 1.82) is 0 Å². The number of aromatic nitrogens is 2. The van der Waals surface area contributed by atoms with E-state index in [4.69, 9.17) is 5.73 Å². The third kappa shape index (κ3) is 4.04. The molecule has 118 valence electrons. The van der Waals surface area contributed by atoms with Crippen LogP contribution in [0.3, 0.4) is 0 Å². The van der Waals surface area contributed by atoms with Gasteiger partial charge < -0.3 is 15.5 Å². The maximum Gasteiger partial charge on any atom is 0.226 e. The third-order valence-corrected chi connectivity index (χ3v) is 4.15. The summed E-state index contributed by atoms with van der Waals surface area (Å²) in [6.45, 7) is 7.23. The molecule has 2 rings (SSSR count). The molecule has 0 aliphatic carbocycles. The molecule has 2 heterocycles. The predicted octanol–water partition coefficient (Wildman–Crippen LogP) is 0.792. The molecule has 1 atom stereocenters. The van der Waals surface area contributed by atoms with Crippen LogP contribution in [0.5, 0.6) is 0 Å². The molecule has 1 saturated heterocycles. The van der Waals surface area contributed by atoms with E-state index in [9.17, 15) is 0 Å². The standard InChI is InChI=1S/C15H28N6/c1-4-13(5-7-16)20-9-11-21(12-10-20)14-6-8-17-15(18-14)19(2)3/h6,8,13H,4-5,7,9-12,16H2,1-3H3. The SMILES string of the molecule is CCC(CCN)N1CCN(c2ccnc(N(C)C)n2)CC1. The molecule has 0 aromatic carbocycles. The molecule has 1 aromatic heterocycles. The topological polar surface area (TPSA) is 61.5 Å². The highest BCUT2D eigenvalue weighted by Gasteiger charge is 2.23. The second-order valence-corrected chi connectivity index (χ2v) is 5.77. The Morgan fingerprint density at radius 3 is 2.57 bits per heavy atom. The lowest BCUT2D eigenvalue weighted by atomic mass is 10.1.